The number of aliphatic hydroxyl groups excluding tert-OH is 1. The number of hydrogen-bond acceptors (Lipinski definition) is 3. The number of halogens is 3. The normalized spacial score (nSPS) is 20.5. The minimum atomic E-state index is -1.56. The van der Waals surface area contributed by atoms with Crippen molar-refractivity contribution in [2.24, 2.45) is 0 Å². The highest BCUT2D eigenvalue weighted by Crippen LogP contribution is 2.38. The molecule has 2 rings (SSSR count). The smallest absolute Gasteiger partial charge is 0.400 e. The van der Waals surface area contributed by atoms with Crippen LogP contribution in [-0.4, -0.2) is 30.0 Å². The fourth-order valence-corrected chi connectivity index (χ4v) is 2.03. The predicted molar refractivity (Wildman–Crippen MR) is 77.5 cm³/mol. The minimum Gasteiger partial charge on any atom is -0.400 e. The van der Waals surface area contributed by atoms with Gasteiger partial charge in [-0.1, -0.05) is 6.08 Å². The largest absolute Gasteiger partial charge is 0.492 e. The summed E-state index contributed by atoms with van der Waals surface area (Å²) in [5, 5.41) is 9.48. The lowest BCUT2D eigenvalue weighted by Crippen LogP contribution is -2.41. The molecule has 120 valence electrons. The Bertz CT molecular complexity index is 598. The van der Waals surface area contributed by atoms with Crippen LogP contribution in [0.5, 0.6) is 0 Å². The third-order valence-electron chi connectivity index (χ3n) is 4.14. The summed E-state index contributed by atoms with van der Waals surface area (Å²) in [6.45, 7) is 6.87. The maximum absolute atomic E-state index is 13.7. The second-order valence-corrected chi connectivity index (χ2v) is 6.23. The maximum atomic E-state index is 13.7. The third-order valence-corrected chi connectivity index (χ3v) is 4.14. The molecule has 1 saturated heterocycles. The highest BCUT2D eigenvalue weighted by molar-refractivity contribution is 6.55. The Morgan fingerprint density at radius 2 is 1.64 bits per heavy atom. The van der Waals surface area contributed by atoms with Crippen molar-refractivity contribution in [1.29, 1.82) is 0 Å². The van der Waals surface area contributed by atoms with Crippen LogP contribution in [0.3, 0.4) is 0 Å². The first-order chi connectivity index (χ1) is 10.1. The van der Waals surface area contributed by atoms with Gasteiger partial charge in [0.15, 0.2) is 17.5 Å². The second-order valence-electron chi connectivity index (χ2n) is 6.23. The van der Waals surface area contributed by atoms with Gasteiger partial charge in [0.1, 0.15) is 0 Å². The highest BCUT2D eigenvalue weighted by atomic mass is 19.2. The SMILES string of the molecule is CC1(C)OB(C(=Cc2ccc(F)c(F)c2F)CO)OC1(C)C. The third kappa shape index (κ3) is 2.93. The minimum absolute atomic E-state index is 0.183. The molecular formula is C15H18BF3O3. The lowest BCUT2D eigenvalue weighted by Gasteiger charge is -2.32. The van der Waals surface area contributed by atoms with Gasteiger partial charge in [-0.15, -0.1) is 0 Å². The van der Waals surface area contributed by atoms with Crippen molar-refractivity contribution in [1.82, 2.24) is 0 Å². The van der Waals surface area contributed by atoms with Crippen LogP contribution in [-0.2, 0) is 9.31 Å². The molecule has 0 atom stereocenters. The summed E-state index contributed by atoms with van der Waals surface area (Å²) in [6, 6.07) is 1.91. The molecule has 0 unspecified atom stereocenters. The summed E-state index contributed by atoms with van der Waals surface area (Å²) in [5.41, 5.74) is -1.21. The van der Waals surface area contributed by atoms with E-state index in [1.165, 1.54) is 6.08 Å². The fraction of sp³-hybridized carbons (Fsp3) is 0.467. The van der Waals surface area contributed by atoms with Gasteiger partial charge in [-0.05, 0) is 45.3 Å². The Morgan fingerprint density at radius 3 is 2.14 bits per heavy atom. The lowest BCUT2D eigenvalue weighted by atomic mass is 9.77. The molecule has 0 amide bonds. The first kappa shape index (κ1) is 17.1. The molecule has 1 fully saturated rings. The Morgan fingerprint density at radius 1 is 1.09 bits per heavy atom. The van der Waals surface area contributed by atoms with Crippen molar-refractivity contribution in [2.45, 2.75) is 38.9 Å². The zero-order valence-corrected chi connectivity index (χ0v) is 12.9. The van der Waals surface area contributed by atoms with E-state index in [4.69, 9.17) is 9.31 Å². The fourth-order valence-electron chi connectivity index (χ4n) is 2.03. The molecule has 1 aliphatic rings. The summed E-state index contributed by atoms with van der Waals surface area (Å²) in [7, 11) is -0.887. The summed E-state index contributed by atoms with van der Waals surface area (Å²) >= 11 is 0. The number of rotatable bonds is 3. The molecule has 7 heteroatoms. The van der Waals surface area contributed by atoms with Crippen LogP contribution >= 0.6 is 0 Å². The van der Waals surface area contributed by atoms with E-state index in [1.807, 2.05) is 27.7 Å². The number of aliphatic hydroxyl groups is 1. The average Bonchev–Trinajstić information content (AvgIpc) is 2.64. The van der Waals surface area contributed by atoms with Gasteiger partial charge < -0.3 is 14.4 Å². The summed E-state index contributed by atoms with van der Waals surface area (Å²) in [6.07, 6.45) is 1.21. The van der Waals surface area contributed by atoms with Crippen molar-refractivity contribution in [3.63, 3.8) is 0 Å². The van der Waals surface area contributed by atoms with Crippen LogP contribution in [0.25, 0.3) is 6.08 Å². The van der Waals surface area contributed by atoms with E-state index >= 15 is 0 Å². The van der Waals surface area contributed by atoms with Crippen molar-refractivity contribution >= 4 is 13.2 Å². The zero-order valence-electron chi connectivity index (χ0n) is 12.9. The molecule has 22 heavy (non-hydrogen) atoms. The molecule has 1 N–H and O–H groups in total. The van der Waals surface area contributed by atoms with Crippen molar-refractivity contribution in [3.8, 4) is 0 Å². The van der Waals surface area contributed by atoms with Crippen LogP contribution in [0.4, 0.5) is 13.2 Å². The number of benzene rings is 1. The van der Waals surface area contributed by atoms with Gasteiger partial charge in [0.25, 0.3) is 0 Å². The van der Waals surface area contributed by atoms with Crippen molar-refractivity contribution in [2.75, 3.05) is 6.61 Å². The van der Waals surface area contributed by atoms with Gasteiger partial charge >= 0.3 is 7.12 Å². The first-order valence-corrected chi connectivity index (χ1v) is 6.89. The van der Waals surface area contributed by atoms with Crippen LogP contribution in [0, 0.1) is 17.5 Å². The van der Waals surface area contributed by atoms with E-state index in [1.54, 1.807) is 0 Å². The van der Waals surface area contributed by atoms with E-state index in [2.05, 4.69) is 0 Å². The van der Waals surface area contributed by atoms with Crippen LogP contribution in [0.2, 0.25) is 0 Å². The highest BCUT2D eigenvalue weighted by Gasteiger charge is 2.52. The standard InChI is InChI=1S/C15H18BF3O3/c1-14(2)15(3,4)22-16(21-14)10(8-20)7-9-5-6-11(17)13(19)12(9)18/h5-7,20H,8H2,1-4H3. The Hall–Kier alpha value is -1.31. The topological polar surface area (TPSA) is 38.7 Å². The van der Waals surface area contributed by atoms with Gasteiger partial charge in [0.05, 0.1) is 17.8 Å². The molecule has 0 aromatic heterocycles. The molecule has 3 nitrogen and oxygen atoms in total. The second kappa shape index (κ2) is 5.72. The van der Waals surface area contributed by atoms with Crippen molar-refractivity contribution < 1.29 is 27.6 Å². The lowest BCUT2D eigenvalue weighted by molar-refractivity contribution is 0.00578. The Labute approximate surface area is 127 Å². The van der Waals surface area contributed by atoms with Crippen molar-refractivity contribution in [3.05, 3.63) is 40.6 Å². The summed E-state index contributed by atoms with van der Waals surface area (Å²) in [4.78, 5) is 0. The molecule has 0 aliphatic carbocycles. The summed E-state index contributed by atoms with van der Waals surface area (Å²) < 4.78 is 51.4. The summed E-state index contributed by atoms with van der Waals surface area (Å²) in [5.74, 6) is -4.14. The van der Waals surface area contributed by atoms with Crippen LogP contribution in [0.15, 0.2) is 17.6 Å². The quantitative estimate of drug-likeness (QED) is 0.688. The molecule has 0 radical (unpaired) electrons. The van der Waals surface area contributed by atoms with E-state index < -0.39 is 42.4 Å². The zero-order chi connectivity index (χ0) is 16.7. The maximum Gasteiger partial charge on any atom is 0.492 e. The Kier molecular flexibility index (Phi) is 4.43. The van der Waals surface area contributed by atoms with E-state index in [-0.39, 0.29) is 11.0 Å². The van der Waals surface area contributed by atoms with Crippen LogP contribution in [0.1, 0.15) is 33.3 Å². The first-order valence-electron chi connectivity index (χ1n) is 6.89. The molecule has 0 saturated carbocycles. The molecule has 0 bridgehead atoms. The molecule has 0 spiro atoms. The van der Waals surface area contributed by atoms with Gasteiger partial charge in [0, 0.05) is 5.56 Å². The molecule has 1 aromatic carbocycles. The monoisotopic (exact) mass is 314 g/mol. The van der Waals surface area contributed by atoms with Crippen LogP contribution < -0.4 is 0 Å². The van der Waals surface area contributed by atoms with Gasteiger partial charge in [-0.2, -0.15) is 0 Å². The molecule has 1 heterocycles. The molecule has 1 aliphatic heterocycles. The number of hydrogen-bond donors (Lipinski definition) is 1. The molecule has 1 aromatic rings. The molecular weight excluding hydrogens is 296 g/mol. The van der Waals surface area contributed by atoms with E-state index in [0.29, 0.717) is 0 Å². The van der Waals surface area contributed by atoms with E-state index in [0.717, 1.165) is 12.1 Å². The average molecular weight is 314 g/mol. The predicted octanol–water partition coefficient (Wildman–Crippen LogP) is 3.11. The van der Waals surface area contributed by atoms with E-state index in [9.17, 15) is 18.3 Å². The van der Waals surface area contributed by atoms with Gasteiger partial charge in [-0.3, -0.25) is 0 Å². The Balaban J connectivity index is 2.36. The van der Waals surface area contributed by atoms with Gasteiger partial charge in [-0.25, -0.2) is 13.2 Å². The van der Waals surface area contributed by atoms with Gasteiger partial charge in [0.2, 0.25) is 0 Å².